The molecule has 1 N–H and O–H groups in total. The second-order valence-corrected chi connectivity index (χ2v) is 2.75. The predicted molar refractivity (Wildman–Crippen MR) is 48.4 cm³/mol. The number of benzene rings is 1. The van der Waals surface area contributed by atoms with Gasteiger partial charge in [-0.1, -0.05) is 0 Å². The number of ether oxygens (including phenoxy) is 1. The first-order chi connectivity index (χ1) is 7.13. The Hall–Kier alpha value is -1.93. The van der Waals surface area contributed by atoms with E-state index in [0.29, 0.717) is 0 Å². The van der Waals surface area contributed by atoms with E-state index < -0.39 is 18.4 Å². The number of nitrogens with zero attached hydrogens (tertiary/aromatic N) is 1. The highest BCUT2D eigenvalue weighted by molar-refractivity contribution is 5.92. The van der Waals surface area contributed by atoms with Gasteiger partial charge in [0.05, 0.1) is 24.8 Å². The van der Waals surface area contributed by atoms with Crippen LogP contribution in [0.25, 0.3) is 0 Å². The summed E-state index contributed by atoms with van der Waals surface area (Å²) < 4.78 is 17.5. The molecular formula is C10H8FNO3. The van der Waals surface area contributed by atoms with Gasteiger partial charge in [-0.25, -0.2) is 9.18 Å². The topological polar surface area (TPSA) is 70.3 Å². The molecule has 0 aromatic heterocycles. The monoisotopic (exact) mass is 209 g/mol. The van der Waals surface area contributed by atoms with Gasteiger partial charge in [-0.05, 0) is 12.1 Å². The molecule has 0 heterocycles. The Kier molecular flexibility index (Phi) is 3.37. The Labute approximate surface area is 85.5 Å². The summed E-state index contributed by atoms with van der Waals surface area (Å²) in [5.41, 5.74) is -0.212. The predicted octanol–water partition coefficient (Wildman–Crippen LogP) is 0.976. The fourth-order valence-electron chi connectivity index (χ4n) is 1.11. The molecule has 0 fully saturated rings. The number of hydrogen-bond donors (Lipinski definition) is 1. The molecule has 0 spiro atoms. The van der Waals surface area contributed by atoms with Crippen LogP contribution in [-0.2, 0) is 11.3 Å². The molecule has 0 radical (unpaired) electrons. The summed E-state index contributed by atoms with van der Waals surface area (Å²) in [6.07, 6.45) is 0. The third-order valence-electron chi connectivity index (χ3n) is 1.88. The summed E-state index contributed by atoms with van der Waals surface area (Å²) in [5.74, 6) is -1.46. The quantitative estimate of drug-likeness (QED) is 0.737. The van der Waals surface area contributed by atoms with E-state index in [-0.39, 0.29) is 16.7 Å². The molecule has 1 rings (SSSR count). The molecule has 1 aromatic carbocycles. The minimum atomic E-state index is -0.735. The highest BCUT2D eigenvalue weighted by atomic mass is 19.1. The van der Waals surface area contributed by atoms with Crippen molar-refractivity contribution >= 4 is 5.97 Å². The van der Waals surface area contributed by atoms with E-state index >= 15 is 0 Å². The lowest BCUT2D eigenvalue weighted by Gasteiger charge is -2.05. The van der Waals surface area contributed by atoms with Crippen LogP contribution in [0.5, 0.6) is 0 Å². The number of methoxy groups -OCH3 is 1. The van der Waals surface area contributed by atoms with Gasteiger partial charge in [-0.2, -0.15) is 5.26 Å². The minimum absolute atomic E-state index is 0.0469. The number of hydrogen-bond acceptors (Lipinski definition) is 4. The number of carbonyl (C=O) groups is 1. The van der Waals surface area contributed by atoms with Gasteiger partial charge in [0.2, 0.25) is 0 Å². The van der Waals surface area contributed by atoms with Gasteiger partial charge in [0.1, 0.15) is 11.9 Å². The van der Waals surface area contributed by atoms with E-state index in [1.54, 1.807) is 6.07 Å². The molecular weight excluding hydrogens is 201 g/mol. The lowest BCUT2D eigenvalue weighted by molar-refractivity contribution is 0.0600. The maximum atomic E-state index is 13.1. The minimum Gasteiger partial charge on any atom is -0.465 e. The number of nitriles is 1. The second kappa shape index (κ2) is 4.53. The van der Waals surface area contributed by atoms with Crippen molar-refractivity contribution in [3.05, 3.63) is 34.6 Å². The van der Waals surface area contributed by atoms with Crippen molar-refractivity contribution in [2.24, 2.45) is 0 Å². The fourth-order valence-corrected chi connectivity index (χ4v) is 1.11. The third kappa shape index (κ3) is 2.11. The molecule has 5 heteroatoms. The van der Waals surface area contributed by atoms with E-state index in [0.717, 1.165) is 19.2 Å². The molecule has 4 nitrogen and oxygen atoms in total. The molecule has 0 aliphatic carbocycles. The summed E-state index contributed by atoms with van der Waals surface area (Å²) in [7, 11) is 1.16. The molecule has 0 aliphatic heterocycles. The van der Waals surface area contributed by atoms with Crippen molar-refractivity contribution in [2.75, 3.05) is 7.11 Å². The lowest BCUT2D eigenvalue weighted by Crippen LogP contribution is -2.06. The Morgan fingerprint density at radius 3 is 2.80 bits per heavy atom. The smallest absolute Gasteiger partial charge is 0.339 e. The van der Waals surface area contributed by atoms with Crippen LogP contribution >= 0.6 is 0 Å². The first-order valence-corrected chi connectivity index (χ1v) is 4.05. The van der Waals surface area contributed by atoms with E-state index in [9.17, 15) is 9.18 Å². The Morgan fingerprint density at radius 2 is 2.33 bits per heavy atom. The summed E-state index contributed by atoms with van der Waals surface area (Å²) in [4.78, 5) is 11.2. The van der Waals surface area contributed by atoms with Crippen molar-refractivity contribution < 1.29 is 19.0 Å². The number of aliphatic hydroxyl groups is 1. The van der Waals surface area contributed by atoms with Gasteiger partial charge in [0.25, 0.3) is 0 Å². The SMILES string of the molecule is COC(=O)c1cc(CO)c(F)cc1C#N. The van der Waals surface area contributed by atoms with Crippen molar-refractivity contribution in [2.45, 2.75) is 6.61 Å². The molecule has 15 heavy (non-hydrogen) atoms. The Bertz CT molecular complexity index is 437. The molecule has 1 aromatic rings. The molecule has 0 saturated carbocycles. The largest absolute Gasteiger partial charge is 0.465 e. The molecule has 0 atom stereocenters. The average molecular weight is 209 g/mol. The van der Waals surface area contributed by atoms with Crippen molar-refractivity contribution in [3.8, 4) is 6.07 Å². The highest BCUT2D eigenvalue weighted by Crippen LogP contribution is 2.16. The maximum absolute atomic E-state index is 13.1. The van der Waals surface area contributed by atoms with Crippen molar-refractivity contribution in [3.63, 3.8) is 0 Å². The normalized spacial score (nSPS) is 9.47. The lowest BCUT2D eigenvalue weighted by atomic mass is 10.0. The molecule has 0 bridgehead atoms. The van der Waals surface area contributed by atoms with Crippen LogP contribution in [0.1, 0.15) is 21.5 Å². The van der Waals surface area contributed by atoms with Crippen molar-refractivity contribution in [1.82, 2.24) is 0 Å². The second-order valence-electron chi connectivity index (χ2n) is 2.75. The number of carbonyl (C=O) groups excluding carboxylic acids is 1. The van der Waals surface area contributed by atoms with E-state index in [4.69, 9.17) is 10.4 Å². The highest BCUT2D eigenvalue weighted by Gasteiger charge is 2.15. The van der Waals surface area contributed by atoms with Crippen LogP contribution < -0.4 is 0 Å². The fraction of sp³-hybridized carbons (Fsp3) is 0.200. The van der Waals surface area contributed by atoms with Crippen LogP contribution in [0.2, 0.25) is 0 Å². The van der Waals surface area contributed by atoms with Gasteiger partial charge in [-0.3, -0.25) is 0 Å². The van der Waals surface area contributed by atoms with Crippen molar-refractivity contribution in [1.29, 1.82) is 5.26 Å². The van der Waals surface area contributed by atoms with Gasteiger partial charge in [0.15, 0.2) is 0 Å². The third-order valence-corrected chi connectivity index (χ3v) is 1.88. The number of halogens is 1. The molecule has 0 saturated heterocycles. The van der Waals surface area contributed by atoms with E-state index in [1.807, 2.05) is 0 Å². The molecule has 0 amide bonds. The molecule has 78 valence electrons. The summed E-state index contributed by atoms with van der Waals surface area (Å²) in [6, 6.07) is 3.69. The number of esters is 1. The standard InChI is InChI=1S/C10H8FNO3/c1-15-10(14)8-2-7(5-13)9(11)3-6(8)4-12/h2-3,13H,5H2,1H3. The first-order valence-electron chi connectivity index (χ1n) is 4.05. The maximum Gasteiger partial charge on any atom is 0.339 e. The van der Waals surface area contributed by atoms with Gasteiger partial charge in [0, 0.05) is 5.56 Å². The van der Waals surface area contributed by atoms with Crippen LogP contribution in [0.15, 0.2) is 12.1 Å². The van der Waals surface area contributed by atoms with Crippen LogP contribution in [-0.4, -0.2) is 18.2 Å². The van der Waals surface area contributed by atoms with E-state index in [1.165, 1.54) is 0 Å². The number of aliphatic hydroxyl groups excluding tert-OH is 1. The zero-order valence-electron chi connectivity index (χ0n) is 7.95. The zero-order chi connectivity index (χ0) is 11.4. The zero-order valence-corrected chi connectivity index (χ0v) is 7.95. The Morgan fingerprint density at radius 1 is 1.67 bits per heavy atom. The summed E-state index contributed by atoms with van der Waals surface area (Å²) in [6.45, 7) is -0.540. The van der Waals surface area contributed by atoms with Gasteiger partial charge in [-0.15, -0.1) is 0 Å². The molecule has 0 aliphatic rings. The Balaban J connectivity index is 3.37. The van der Waals surface area contributed by atoms with Gasteiger partial charge < -0.3 is 9.84 Å². The average Bonchev–Trinajstić information content (AvgIpc) is 2.27. The van der Waals surface area contributed by atoms with Gasteiger partial charge >= 0.3 is 5.97 Å². The molecule has 0 unspecified atom stereocenters. The van der Waals surface area contributed by atoms with E-state index in [2.05, 4.69) is 4.74 Å². The first kappa shape index (κ1) is 11.1. The van der Waals surface area contributed by atoms with Crippen LogP contribution in [0.3, 0.4) is 0 Å². The summed E-state index contributed by atoms with van der Waals surface area (Å²) in [5, 5.41) is 17.4. The number of rotatable bonds is 2. The van der Waals surface area contributed by atoms with Crippen LogP contribution in [0.4, 0.5) is 4.39 Å². The van der Waals surface area contributed by atoms with Crippen LogP contribution in [0, 0.1) is 17.1 Å². The summed E-state index contributed by atoms with van der Waals surface area (Å²) >= 11 is 0.